The minimum atomic E-state index is -0.376. The van der Waals surface area contributed by atoms with E-state index in [1.165, 1.54) is 5.69 Å². The molecule has 30 heavy (non-hydrogen) atoms. The third kappa shape index (κ3) is 3.74. The summed E-state index contributed by atoms with van der Waals surface area (Å²) in [5, 5.41) is 0.873. The van der Waals surface area contributed by atoms with Gasteiger partial charge in [0, 0.05) is 48.9 Å². The zero-order chi connectivity index (χ0) is 21.3. The van der Waals surface area contributed by atoms with Crippen molar-refractivity contribution in [1.82, 2.24) is 9.47 Å². The average molecular weight is 408 g/mol. The van der Waals surface area contributed by atoms with E-state index in [1.54, 1.807) is 13.2 Å². The standard InChI is InChI=1S/C24H28N2O4/c1-16-18-10-9-17(29-3)15-22(18)30-24(28)19(16)11-12-23(27)26-14-5-4-7-21(26)20-8-6-13-25(20)2/h6,8-10,13,15,21H,4-5,7,11-12,14H2,1-3H3/t21-/m1/s1. The fourth-order valence-electron chi connectivity index (χ4n) is 4.52. The first-order valence-electron chi connectivity index (χ1n) is 10.5. The summed E-state index contributed by atoms with van der Waals surface area (Å²) in [6, 6.07) is 9.68. The highest BCUT2D eigenvalue weighted by Gasteiger charge is 2.29. The predicted molar refractivity (Wildman–Crippen MR) is 116 cm³/mol. The van der Waals surface area contributed by atoms with Crippen LogP contribution in [0.1, 0.15) is 48.5 Å². The molecule has 1 fully saturated rings. The SMILES string of the molecule is COc1ccc2c(C)c(CCC(=O)N3CCCC[C@@H]3c3cccn3C)c(=O)oc2c1. The van der Waals surface area contributed by atoms with E-state index in [0.29, 0.717) is 29.7 Å². The number of methoxy groups -OCH3 is 1. The molecule has 3 aromatic rings. The summed E-state index contributed by atoms with van der Waals surface area (Å²) in [4.78, 5) is 27.7. The molecule has 0 saturated carbocycles. The molecule has 1 aliphatic rings. The average Bonchev–Trinajstić information content (AvgIpc) is 3.18. The number of amides is 1. The Bertz CT molecular complexity index is 1130. The number of ether oxygens (including phenoxy) is 1. The van der Waals surface area contributed by atoms with Crippen molar-refractivity contribution in [1.29, 1.82) is 0 Å². The molecule has 2 aromatic heterocycles. The molecule has 0 unspecified atom stereocenters. The number of likely N-dealkylation sites (tertiary alicyclic amines) is 1. The minimum Gasteiger partial charge on any atom is -0.497 e. The Balaban J connectivity index is 1.55. The molecule has 0 spiro atoms. The van der Waals surface area contributed by atoms with E-state index in [9.17, 15) is 9.59 Å². The minimum absolute atomic E-state index is 0.0922. The fourth-order valence-corrected chi connectivity index (χ4v) is 4.52. The molecule has 1 atom stereocenters. The quantitative estimate of drug-likeness (QED) is 0.596. The predicted octanol–water partition coefficient (Wildman–Crippen LogP) is 4.13. The van der Waals surface area contributed by atoms with Gasteiger partial charge in [0.2, 0.25) is 5.91 Å². The van der Waals surface area contributed by atoms with Crippen molar-refractivity contribution >= 4 is 16.9 Å². The summed E-state index contributed by atoms with van der Waals surface area (Å²) in [7, 11) is 3.60. The second kappa shape index (κ2) is 8.38. The number of hydrogen-bond donors (Lipinski definition) is 0. The van der Waals surface area contributed by atoms with Gasteiger partial charge in [-0.05, 0) is 62.4 Å². The number of fused-ring (bicyclic) bond motifs is 1. The van der Waals surface area contributed by atoms with E-state index in [-0.39, 0.29) is 17.6 Å². The van der Waals surface area contributed by atoms with E-state index in [2.05, 4.69) is 10.6 Å². The molecule has 0 aliphatic carbocycles. The molecule has 158 valence electrons. The molecule has 0 radical (unpaired) electrons. The molecule has 1 aromatic carbocycles. The highest BCUT2D eigenvalue weighted by Crippen LogP contribution is 2.32. The summed E-state index contributed by atoms with van der Waals surface area (Å²) in [5.41, 5.74) is 2.74. The van der Waals surface area contributed by atoms with Crippen molar-refractivity contribution in [2.45, 2.75) is 45.1 Å². The lowest BCUT2D eigenvalue weighted by Gasteiger charge is -2.36. The van der Waals surface area contributed by atoms with Gasteiger partial charge in [-0.2, -0.15) is 0 Å². The highest BCUT2D eigenvalue weighted by atomic mass is 16.5. The summed E-state index contributed by atoms with van der Waals surface area (Å²) in [6.07, 6.45) is 5.81. The Morgan fingerprint density at radius 2 is 2.10 bits per heavy atom. The third-order valence-electron chi connectivity index (χ3n) is 6.23. The number of aromatic nitrogens is 1. The molecule has 6 nitrogen and oxygen atoms in total. The van der Waals surface area contributed by atoms with Crippen molar-refractivity contribution in [3.8, 4) is 5.75 Å². The summed E-state index contributed by atoms with van der Waals surface area (Å²) >= 11 is 0. The van der Waals surface area contributed by atoms with E-state index in [1.807, 2.05) is 43.3 Å². The highest BCUT2D eigenvalue weighted by molar-refractivity contribution is 5.83. The third-order valence-corrected chi connectivity index (χ3v) is 6.23. The van der Waals surface area contributed by atoms with Crippen LogP contribution in [0.2, 0.25) is 0 Å². The Kier molecular flexibility index (Phi) is 5.66. The Morgan fingerprint density at radius 3 is 2.83 bits per heavy atom. The zero-order valence-electron chi connectivity index (χ0n) is 17.8. The van der Waals surface area contributed by atoms with Gasteiger partial charge in [0.25, 0.3) is 0 Å². The largest absolute Gasteiger partial charge is 0.497 e. The fraction of sp³-hybridized carbons (Fsp3) is 0.417. The smallest absolute Gasteiger partial charge is 0.339 e. The first-order chi connectivity index (χ1) is 14.5. The second-order valence-electron chi connectivity index (χ2n) is 8.00. The van der Waals surface area contributed by atoms with Crippen LogP contribution in [0, 0.1) is 6.92 Å². The summed E-state index contributed by atoms with van der Waals surface area (Å²) in [6.45, 7) is 2.68. The Labute approximate surface area is 176 Å². The van der Waals surface area contributed by atoms with Crippen molar-refractivity contribution < 1.29 is 13.9 Å². The number of nitrogens with zero attached hydrogens (tertiary/aromatic N) is 2. The van der Waals surface area contributed by atoms with E-state index in [4.69, 9.17) is 9.15 Å². The molecule has 0 N–H and O–H groups in total. The van der Waals surface area contributed by atoms with Gasteiger partial charge in [0.15, 0.2) is 0 Å². The van der Waals surface area contributed by atoms with Crippen LogP contribution in [0.3, 0.4) is 0 Å². The van der Waals surface area contributed by atoms with E-state index >= 15 is 0 Å². The Hall–Kier alpha value is -3.02. The maximum Gasteiger partial charge on any atom is 0.339 e. The van der Waals surface area contributed by atoms with Gasteiger partial charge in [-0.15, -0.1) is 0 Å². The molecule has 3 heterocycles. The van der Waals surface area contributed by atoms with Crippen LogP contribution < -0.4 is 10.4 Å². The monoisotopic (exact) mass is 408 g/mol. The maximum atomic E-state index is 13.1. The molecule has 6 heteroatoms. The number of rotatable bonds is 5. The number of benzene rings is 1. The van der Waals surface area contributed by atoms with E-state index in [0.717, 1.165) is 36.8 Å². The lowest BCUT2D eigenvalue weighted by Crippen LogP contribution is -2.39. The second-order valence-corrected chi connectivity index (χ2v) is 8.00. The van der Waals surface area contributed by atoms with Gasteiger partial charge in [-0.3, -0.25) is 4.79 Å². The Morgan fingerprint density at radius 1 is 1.27 bits per heavy atom. The van der Waals surface area contributed by atoms with Gasteiger partial charge in [-0.25, -0.2) is 4.79 Å². The lowest BCUT2D eigenvalue weighted by atomic mass is 9.97. The van der Waals surface area contributed by atoms with Crippen LogP contribution in [-0.2, 0) is 18.3 Å². The molecule has 0 bridgehead atoms. The van der Waals surface area contributed by atoms with Crippen LogP contribution in [-0.4, -0.2) is 29.0 Å². The lowest BCUT2D eigenvalue weighted by molar-refractivity contribution is -0.135. The number of carbonyl (C=O) groups is 1. The van der Waals surface area contributed by atoms with Crippen molar-refractivity contribution in [2.75, 3.05) is 13.7 Å². The topological polar surface area (TPSA) is 64.7 Å². The molecule has 4 rings (SSSR count). The zero-order valence-corrected chi connectivity index (χ0v) is 17.8. The molecule has 1 saturated heterocycles. The number of hydrogen-bond acceptors (Lipinski definition) is 4. The van der Waals surface area contributed by atoms with Crippen LogP contribution >= 0.6 is 0 Å². The summed E-state index contributed by atoms with van der Waals surface area (Å²) in [5.74, 6) is 0.735. The van der Waals surface area contributed by atoms with Gasteiger partial charge in [0.05, 0.1) is 13.2 Å². The van der Waals surface area contributed by atoms with Gasteiger partial charge >= 0.3 is 5.63 Å². The molecular formula is C24H28N2O4. The van der Waals surface area contributed by atoms with Gasteiger partial charge < -0.3 is 18.6 Å². The van der Waals surface area contributed by atoms with Gasteiger partial charge in [0.1, 0.15) is 11.3 Å². The molecule has 1 aliphatic heterocycles. The first-order valence-corrected chi connectivity index (χ1v) is 10.5. The van der Waals surface area contributed by atoms with Crippen LogP contribution in [0.15, 0.2) is 45.7 Å². The molecular weight excluding hydrogens is 380 g/mol. The van der Waals surface area contributed by atoms with Crippen LogP contribution in [0.5, 0.6) is 5.75 Å². The number of carbonyl (C=O) groups excluding carboxylic acids is 1. The number of piperidine rings is 1. The van der Waals surface area contributed by atoms with Crippen molar-refractivity contribution in [3.05, 3.63) is 63.8 Å². The normalized spacial score (nSPS) is 16.8. The summed E-state index contributed by atoms with van der Waals surface area (Å²) < 4.78 is 12.8. The number of aryl methyl sites for hydroxylation is 2. The first kappa shape index (κ1) is 20.3. The van der Waals surface area contributed by atoms with Gasteiger partial charge in [-0.1, -0.05) is 0 Å². The van der Waals surface area contributed by atoms with Crippen molar-refractivity contribution in [3.63, 3.8) is 0 Å². The van der Waals surface area contributed by atoms with E-state index < -0.39 is 0 Å². The maximum absolute atomic E-state index is 13.1. The van der Waals surface area contributed by atoms with Crippen LogP contribution in [0.25, 0.3) is 11.0 Å². The molecule has 1 amide bonds. The van der Waals surface area contributed by atoms with Crippen molar-refractivity contribution in [2.24, 2.45) is 7.05 Å². The van der Waals surface area contributed by atoms with Crippen LogP contribution in [0.4, 0.5) is 0 Å².